The Bertz CT molecular complexity index is 319. The van der Waals surface area contributed by atoms with Crippen LogP contribution in [0.2, 0.25) is 0 Å². The second-order valence-electron chi connectivity index (χ2n) is 5.46. The molecule has 0 aromatic carbocycles. The molecule has 2 aliphatic carbocycles. The van der Waals surface area contributed by atoms with Crippen molar-refractivity contribution < 1.29 is 19.1 Å². The topological polar surface area (TPSA) is 52.6 Å². The van der Waals surface area contributed by atoms with E-state index in [1.165, 1.54) is 0 Å². The van der Waals surface area contributed by atoms with Gasteiger partial charge in [0.15, 0.2) is 0 Å². The first-order chi connectivity index (χ1) is 9.15. The van der Waals surface area contributed by atoms with E-state index in [1.807, 2.05) is 0 Å². The molecule has 0 bridgehead atoms. The average molecular weight is 286 g/mol. The van der Waals surface area contributed by atoms with Crippen LogP contribution in [0.3, 0.4) is 0 Å². The highest BCUT2D eigenvalue weighted by atomic mass is 32.1. The van der Waals surface area contributed by atoms with E-state index in [-0.39, 0.29) is 24.6 Å². The van der Waals surface area contributed by atoms with Gasteiger partial charge in [0.25, 0.3) is 0 Å². The van der Waals surface area contributed by atoms with E-state index in [4.69, 9.17) is 9.47 Å². The van der Waals surface area contributed by atoms with Crippen LogP contribution in [0.1, 0.15) is 57.8 Å². The van der Waals surface area contributed by atoms with Crippen molar-refractivity contribution in [2.75, 3.05) is 0 Å². The van der Waals surface area contributed by atoms with Gasteiger partial charge in [-0.25, -0.2) is 0 Å². The minimum absolute atomic E-state index is 0.00512. The van der Waals surface area contributed by atoms with Crippen LogP contribution >= 0.6 is 12.6 Å². The molecule has 4 nitrogen and oxygen atoms in total. The highest BCUT2D eigenvalue weighted by Gasteiger charge is 2.27. The number of hydrogen-bond acceptors (Lipinski definition) is 5. The lowest BCUT2D eigenvalue weighted by atomic mass is 10.2. The van der Waals surface area contributed by atoms with Crippen LogP contribution in [0.5, 0.6) is 0 Å². The fraction of sp³-hybridized carbons (Fsp3) is 0.857. The summed E-state index contributed by atoms with van der Waals surface area (Å²) in [5.41, 5.74) is 0. The van der Waals surface area contributed by atoms with Gasteiger partial charge in [-0.05, 0) is 51.4 Å². The molecule has 2 fully saturated rings. The third kappa shape index (κ3) is 4.71. The molecule has 1 unspecified atom stereocenters. The van der Waals surface area contributed by atoms with Crippen molar-refractivity contribution in [1.82, 2.24) is 0 Å². The molecule has 108 valence electrons. The van der Waals surface area contributed by atoms with Crippen LogP contribution in [0.4, 0.5) is 0 Å². The molecule has 2 rings (SSSR count). The van der Waals surface area contributed by atoms with Crippen molar-refractivity contribution in [2.45, 2.75) is 75.2 Å². The Morgan fingerprint density at radius 3 is 1.95 bits per heavy atom. The van der Waals surface area contributed by atoms with Gasteiger partial charge >= 0.3 is 11.9 Å². The maximum atomic E-state index is 11.8. The third-order valence-electron chi connectivity index (χ3n) is 3.82. The average Bonchev–Trinajstić information content (AvgIpc) is 3.01. The zero-order valence-electron chi connectivity index (χ0n) is 11.2. The Morgan fingerprint density at radius 2 is 1.42 bits per heavy atom. The number of esters is 2. The standard InChI is InChI=1S/C14H22O4S/c15-13(17-10-5-1-2-6-10)9-12(19)14(16)18-11-7-3-4-8-11/h10-12,19H,1-9H2. The smallest absolute Gasteiger partial charge is 0.319 e. The normalized spacial score (nSPS) is 22.4. The molecule has 19 heavy (non-hydrogen) atoms. The Morgan fingerprint density at radius 1 is 0.947 bits per heavy atom. The lowest BCUT2D eigenvalue weighted by molar-refractivity contribution is -0.155. The largest absolute Gasteiger partial charge is 0.462 e. The van der Waals surface area contributed by atoms with Gasteiger partial charge in [0, 0.05) is 0 Å². The molecule has 1 atom stereocenters. The summed E-state index contributed by atoms with van der Waals surface area (Å²) < 4.78 is 10.6. The summed E-state index contributed by atoms with van der Waals surface area (Å²) in [6.45, 7) is 0. The molecular weight excluding hydrogens is 264 g/mol. The highest BCUT2D eigenvalue weighted by Crippen LogP contribution is 2.23. The minimum atomic E-state index is -0.700. The maximum absolute atomic E-state index is 11.8. The van der Waals surface area contributed by atoms with Gasteiger partial charge in [0.05, 0.1) is 6.42 Å². The molecule has 0 heterocycles. The van der Waals surface area contributed by atoms with Gasteiger partial charge in [-0.1, -0.05) is 0 Å². The molecule has 0 N–H and O–H groups in total. The van der Waals surface area contributed by atoms with Crippen LogP contribution in [0, 0.1) is 0 Å². The van der Waals surface area contributed by atoms with Crippen molar-refractivity contribution >= 4 is 24.6 Å². The molecule has 0 aliphatic heterocycles. The molecule has 2 saturated carbocycles. The first kappa shape index (κ1) is 14.7. The van der Waals surface area contributed by atoms with Crippen LogP contribution in [0.25, 0.3) is 0 Å². The van der Waals surface area contributed by atoms with E-state index in [0.717, 1.165) is 51.4 Å². The molecule has 0 amide bonds. The lowest BCUT2D eigenvalue weighted by Gasteiger charge is -2.16. The van der Waals surface area contributed by atoms with Gasteiger partial charge in [0.2, 0.25) is 0 Å². The fourth-order valence-corrected chi connectivity index (χ4v) is 2.94. The second-order valence-corrected chi connectivity index (χ2v) is 6.08. The Labute approximate surface area is 119 Å². The summed E-state index contributed by atoms with van der Waals surface area (Å²) in [6.07, 6.45) is 8.26. The van der Waals surface area contributed by atoms with Crippen LogP contribution in [-0.4, -0.2) is 29.4 Å². The van der Waals surface area contributed by atoms with E-state index in [1.54, 1.807) is 0 Å². The first-order valence-corrected chi connectivity index (χ1v) is 7.75. The van der Waals surface area contributed by atoms with Gasteiger partial charge in [-0.3, -0.25) is 9.59 Å². The zero-order chi connectivity index (χ0) is 13.7. The number of rotatable bonds is 5. The van der Waals surface area contributed by atoms with E-state index < -0.39 is 11.2 Å². The van der Waals surface area contributed by atoms with Gasteiger partial charge in [-0.2, -0.15) is 12.6 Å². The van der Waals surface area contributed by atoms with E-state index in [0.29, 0.717) is 0 Å². The van der Waals surface area contributed by atoms with Crippen molar-refractivity contribution in [3.05, 3.63) is 0 Å². The second kappa shape index (κ2) is 7.17. The van der Waals surface area contributed by atoms with E-state index >= 15 is 0 Å². The summed E-state index contributed by atoms with van der Waals surface area (Å²) in [6, 6.07) is 0. The van der Waals surface area contributed by atoms with Crippen LogP contribution in [-0.2, 0) is 19.1 Å². The zero-order valence-corrected chi connectivity index (χ0v) is 12.1. The quantitative estimate of drug-likeness (QED) is 0.623. The monoisotopic (exact) mass is 286 g/mol. The number of ether oxygens (including phenoxy) is 2. The molecule has 5 heteroatoms. The summed E-state index contributed by atoms with van der Waals surface area (Å²) in [4.78, 5) is 23.4. The maximum Gasteiger partial charge on any atom is 0.319 e. The molecular formula is C14H22O4S. The highest BCUT2D eigenvalue weighted by molar-refractivity contribution is 7.81. The van der Waals surface area contributed by atoms with Crippen molar-refractivity contribution in [3.63, 3.8) is 0 Å². The van der Waals surface area contributed by atoms with Crippen molar-refractivity contribution in [1.29, 1.82) is 0 Å². The van der Waals surface area contributed by atoms with Crippen LogP contribution < -0.4 is 0 Å². The van der Waals surface area contributed by atoms with Crippen molar-refractivity contribution in [2.24, 2.45) is 0 Å². The lowest BCUT2D eigenvalue weighted by Crippen LogP contribution is -2.27. The summed E-state index contributed by atoms with van der Waals surface area (Å²) in [5, 5.41) is -0.700. The molecule has 0 spiro atoms. The number of hydrogen-bond donors (Lipinski definition) is 1. The molecule has 2 aliphatic rings. The van der Waals surface area contributed by atoms with Gasteiger partial charge in [0.1, 0.15) is 17.5 Å². The van der Waals surface area contributed by atoms with Gasteiger partial charge < -0.3 is 9.47 Å². The van der Waals surface area contributed by atoms with E-state index in [2.05, 4.69) is 12.6 Å². The fourth-order valence-electron chi connectivity index (χ4n) is 2.73. The third-order valence-corrected chi connectivity index (χ3v) is 4.21. The SMILES string of the molecule is O=C(CC(S)C(=O)OC1CCCC1)OC1CCCC1. The first-order valence-electron chi connectivity index (χ1n) is 7.23. The number of thiol groups is 1. The summed E-state index contributed by atoms with van der Waals surface area (Å²) in [7, 11) is 0. The van der Waals surface area contributed by atoms with Gasteiger partial charge in [-0.15, -0.1) is 0 Å². The minimum Gasteiger partial charge on any atom is -0.462 e. The Balaban J connectivity index is 1.68. The number of carbonyl (C=O) groups excluding carboxylic acids is 2. The predicted molar refractivity (Wildman–Crippen MR) is 74.1 cm³/mol. The Hall–Kier alpha value is -0.710. The predicted octanol–water partition coefficient (Wildman–Crippen LogP) is 2.65. The summed E-state index contributed by atoms with van der Waals surface area (Å²) >= 11 is 4.16. The van der Waals surface area contributed by atoms with Crippen LogP contribution in [0.15, 0.2) is 0 Å². The van der Waals surface area contributed by atoms with Crippen molar-refractivity contribution in [3.8, 4) is 0 Å². The molecule has 0 aromatic rings. The molecule has 0 radical (unpaired) electrons. The number of carbonyl (C=O) groups is 2. The molecule has 0 aromatic heterocycles. The molecule has 0 saturated heterocycles. The van der Waals surface area contributed by atoms with E-state index in [9.17, 15) is 9.59 Å². The Kier molecular flexibility index (Phi) is 5.55. The summed E-state index contributed by atoms with van der Waals surface area (Å²) in [5.74, 6) is -0.728.